The quantitative estimate of drug-likeness (QED) is 0.576. The van der Waals surface area contributed by atoms with Gasteiger partial charge in [-0.15, -0.1) is 0 Å². The van der Waals surface area contributed by atoms with Gasteiger partial charge in [0, 0.05) is 31.7 Å². The molecule has 0 saturated heterocycles. The maximum Gasteiger partial charge on any atom is 0.341 e. The second kappa shape index (κ2) is 8.61. The van der Waals surface area contributed by atoms with Crippen LogP contribution in [0.1, 0.15) is 78.7 Å². The van der Waals surface area contributed by atoms with Crippen molar-refractivity contribution in [2.45, 2.75) is 62.1 Å². The fourth-order valence-electron chi connectivity index (χ4n) is 4.40. The number of carboxylic acid groups (broad SMARTS) is 1. The Kier molecular flexibility index (Phi) is 6.13. The molecule has 4 rings (SSSR count). The normalized spacial score (nSPS) is 18.6. The van der Waals surface area contributed by atoms with Gasteiger partial charge >= 0.3 is 5.97 Å². The molecule has 0 radical (unpaired) electrons. The number of ether oxygens (including phenoxy) is 2. The highest BCUT2D eigenvalue weighted by molar-refractivity contribution is 7.92. The van der Waals surface area contributed by atoms with E-state index in [0.717, 1.165) is 18.4 Å². The summed E-state index contributed by atoms with van der Waals surface area (Å²) < 4.78 is 39.6. The van der Waals surface area contributed by atoms with Gasteiger partial charge in [0.05, 0.1) is 22.4 Å². The van der Waals surface area contributed by atoms with Gasteiger partial charge in [0.1, 0.15) is 11.3 Å². The van der Waals surface area contributed by atoms with Gasteiger partial charge in [-0.2, -0.15) is 0 Å². The maximum absolute atomic E-state index is 13.5. The molecule has 1 saturated carbocycles. The summed E-state index contributed by atoms with van der Waals surface area (Å²) in [7, 11) is -2.21. The molecule has 178 valence electrons. The van der Waals surface area contributed by atoms with Crippen LogP contribution in [0.25, 0.3) is 11.3 Å². The summed E-state index contributed by atoms with van der Waals surface area (Å²) in [5.41, 5.74) is 1.16. The predicted molar refractivity (Wildman–Crippen MR) is 123 cm³/mol. The van der Waals surface area contributed by atoms with Crippen molar-refractivity contribution in [1.82, 2.24) is 4.57 Å². The molecular weight excluding hydrogens is 446 g/mol. The molecule has 1 aromatic heterocycles. The summed E-state index contributed by atoms with van der Waals surface area (Å²) in [5.74, 6) is -0.811. The van der Waals surface area contributed by atoms with Crippen molar-refractivity contribution in [3.8, 4) is 17.0 Å². The molecule has 0 spiro atoms. The molecule has 0 amide bonds. The number of fused-ring (bicyclic) bond motifs is 3. The number of pyridine rings is 1. The van der Waals surface area contributed by atoms with E-state index in [-0.39, 0.29) is 16.9 Å². The highest BCUT2D eigenvalue weighted by Crippen LogP contribution is 2.49. The lowest BCUT2D eigenvalue weighted by Gasteiger charge is -2.30. The molecule has 33 heavy (non-hydrogen) atoms. The first kappa shape index (κ1) is 23.5. The average molecular weight is 476 g/mol. The molecule has 1 aliphatic heterocycles. The summed E-state index contributed by atoms with van der Waals surface area (Å²) in [6.07, 6.45) is 2.17. The topological polar surface area (TPSA) is 112 Å². The van der Waals surface area contributed by atoms with Crippen LogP contribution in [0, 0.1) is 0 Å². The lowest BCUT2D eigenvalue weighted by Crippen LogP contribution is -2.32. The Hall–Kier alpha value is -2.65. The van der Waals surface area contributed by atoms with Gasteiger partial charge in [0.2, 0.25) is 0 Å². The maximum atomic E-state index is 13.5. The third-order valence-electron chi connectivity index (χ3n) is 6.36. The van der Waals surface area contributed by atoms with Gasteiger partial charge in [-0.25, -0.2) is 13.2 Å². The summed E-state index contributed by atoms with van der Waals surface area (Å²) >= 11 is 0. The van der Waals surface area contributed by atoms with Crippen LogP contribution in [0.15, 0.2) is 27.9 Å². The van der Waals surface area contributed by atoms with Crippen LogP contribution < -0.4 is 10.3 Å². The zero-order chi connectivity index (χ0) is 24.1. The SMILES string of the molecule is COCCCOc1cc2c(cc1C(C)C)-c1c(cc(C(=O)O)c(=O)n1C1CC1)C(C)S2(=O)=O. The minimum atomic E-state index is -3.82. The zero-order valence-electron chi connectivity index (χ0n) is 19.3. The molecule has 1 unspecified atom stereocenters. The number of aromatic nitrogens is 1. The summed E-state index contributed by atoms with van der Waals surface area (Å²) in [4.78, 5) is 25.0. The van der Waals surface area contributed by atoms with Crippen LogP contribution in [0.2, 0.25) is 0 Å². The van der Waals surface area contributed by atoms with Crippen molar-refractivity contribution < 1.29 is 27.8 Å². The summed E-state index contributed by atoms with van der Waals surface area (Å²) in [6, 6.07) is 4.49. The third kappa shape index (κ3) is 3.97. The fourth-order valence-corrected chi connectivity index (χ4v) is 6.03. The number of carboxylic acids is 1. The van der Waals surface area contributed by atoms with E-state index in [2.05, 4.69) is 0 Å². The fraction of sp³-hybridized carbons (Fsp3) is 0.500. The molecule has 8 nitrogen and oxygen atoms in total. The minimum Gasteiger partial charge on any atom is -0.493 e. The van der Waals surface area contributed by atoms with Crippen LogP contribution in [-0.2, 0) is 14.6 Å². The Bertz CT molecular complexity index is 1270. The minimum absolute atomic E-state index is 0.0395. The molecule has 1 N–H and O–H groups in total. The average Bonchev–Trinajstić information content (AvgIpc) is 3.59. The molecule has 2 aliphatic rings. The van der Waals surface area contributed by atoms with Gasteiger partial charge in [0.25, 0.3) is 5.56 Å². The van der Waals surface area contributed by atoms with Crippen molar-refractivity contribution in [3.63, 3.8) is 0 Å². The summed E-state index contributed by atoms with van der Waals surface area (Å²) in [6.45, 7) is 6.44. The van der Waals surface area contributed by atoms with Gasteiger partial charge in [0.15, 0.2) is 9.84 Å². The number of carbonyl (C=O) groups is 1. The van der Waals surface area contributed by atoms with E-state index in [1.54, 1.807) is 26.2 Å². The van der Waals surface area contributed by atoms with Crippen molar-refractivity contribution in [3.05, 3.63) is 45.2 Å². The number of sulfone groups is 1. The van der Waals surface area contributed by atoms with Crippen LogP contribution in [0.5, 0.6) is 5.75 Å². The highest BCUT2D eigenvalue weighted by Gasteiger charge is 2.41. The number of benzene rings is 1. The Morgan fingerprint density at radius 2 is 1.91 bits per heavy atom. The number of rotatable bonds is 8. The first-order valence-electron chi connectivity index (χ1n) is 11.2. The van der Waals surface area contributed by atoms with Crippen LogP contribution in [-0.4, -0.2) is 44.4 Å². The Labute approximate surface area is 193 Å². The molecule has 1 atom stereocenters. The van der Waals surface area contributed by atoms with E-state index in [4.69, 9.17) is 9.47 Å². The second-order valence-corrected chi connectivity index (χ2v) is 11.2. The second-order valence-electron chi connectivity index (χ2n) is 9.00. The molecular formula is C24H29NO7S. The molecule has 1 aromatic carbocycles. The molecule has 2 heterocycles. The zero-order valence-corrected chi connectivity index (χ0v) is 20.1. The number of nitrogens with zero attached hydrogens (tertiary/aromatic N) is 1. The van der Waals surface area contributed by atoms with E-state index in [0.29, 0.717) is 42.2 Å². The Morgan fingerprint density at radius 3 is 2.48 bits per heavy atom. The first-order chi connectivity index (χ1) is 15.6. The van der Waals surface area contributed by atoms with E-state index in [1.807, 2.05) is 13.8 Å². The summed E-state index contributed by atoms with van der Waals surface area (Å²) in [5, 5.41) is 8.60. The Morgan fingerprint density at radius 1 is 1.21 bits per heavy atom. The van der Waals surface area contributed by atoms with Crippen molar-refractivity contribution >= 4 is 15.8 Å². The van der Waals surface area contributed by atoms with Crippen molar-refractivity contribution in [2.75, 3.05) is 20.3 Å². The Balaban J connectivity index is 2.00. The largest absolute Gasteiger partial charge is 0.493 e. The molecule has 1 fully saturated rings. The molecule has 0 bridgehead atoms. The first-order valence-corrected chi connectivity index (χ1v) is 12.7. The van der Waals surface area contributed by atoms with Crippen molar-refractivity contribution in [2.24, 2.45) is 0 Å². The lowest BCUT2D eigenvalue weighted by molar-refractivity contribution is 0.0694. The highest BCUT2D eigenvalue weighted by atomic mass is 32.2. The predicted octanol–water partition coefficient (Wildman–Crippen LogP) is 3.94. The molecule has 1 aliphatic carbocycles. The van der Waals surface area contributed by atoms with Gasteiger partial charge in [-0.3, -0.25) is 4.79 Å². The molecule has 9 heteroatoms. The van der Waals surface area contributed by atoms with E-state index >= 15 is 0 Å². The number of methoxy groups -OCH3 is 1. The lowest BCUT2D eigenvalue weighted by atomic mass is 9.94. The van der Waals surface area contributed by atoms with Crippen LogP contribution >= 0.6 is 0 Å². The standard InChI is InChI=1S/C24H29NO7S/c1-13(2)16-10-18-21(12-20(16)32-9-5-8-31-4)33(29,30)14(3)17-11-19(24(27)28)23(26)25(22(17)18)15-6-7-15/h10-15H,5-9H2,1-4H3,(H,27,28). The smallest absolute Gasteiger partial charge is 0.341 e. The van der Waals surface area contributed by atoms with Gasteiger partial charge < -0.3 is 19.1 Å². The van der Waals surface area contributed by atoms with Gasteiger partial charge in [-0.1, -0.05) is 13.8 Å². The number of hydrogen-bond donors (Lipinski definition) is 1. The molecule has 2 aromatic rings. The number of hydrogen-bond acceptors (Lipinski definition) is 6. The van der Waals surface area contributed by atoms with E-state index in [1.165, 1.54) is 10.6 Å². The van der Waals surface area contributed by atoms with E-state index in [9.17, 15) is 23.1 Å². The van der Waals surface area contributed by atoms with Crippen molar-refractivity contribution in [1.29, 1.82) is 0 Å². The van der Waals surface area contributed by atoms with Crippen LogP contribution in [0.3, 0.4) is 0 Å². The van der Waals surface area contributed by atoms with E-state index < -0.39 is 32.2 Å². The van der Waals surface area contributed by atoms with Crippen LogP contribution in [0.4, 0.5) is 0 Å². The third-order valence-corrected chi connectivity index (χ3v) is 8.49. The van der Waals surface area contributed by atoms with Gasteiger partial charge in [-0.05, 0) is 55.0 Å². The monoisotopic (exact) mass is 475 g/mol. The number of aromatic carboxylic acids is 1.